The molecule has 1 aromatic rings. The lowest BCUT2D eigenvalue weighted by Gasteiger charge is -2.21. The minimum absolute atomic E-state index is 0.0395. The zero-order valence-electron chi connectivity index (χ0n) is 17.0. The molecule has 0 aliphatic heterocycles. The zero-order valence-corrected chi connectivity index (χ0v) is 17.8. The number of halogens is 1. The number of carbonyl (C=O) groups excluding carboxylic acids is 4. The second-order valence-electron chi connectivity index (χ2n) is 7.28. The lowest BCUT2D eigenvalue weighted by molar-refractivity contribution is -0.153. The third kappa shape index (κ3) is 9.93. The Hall–Kier alpha value is -2.62. The second-order valence-corrected chi connectivity index (χ2v) is 8.61. The van der Waals surface area contributed by atoms with Gasteiger partial charge in [-0.1, -0.05) is 0 Å². The number of rotatable bonds is 7. The normalized spacial score (nSPS) is 13.0. The molecule has 0 aliphatic carbocycles. The first-order valence-electron chi connectivity index (χ1n) is 8.88. The number of hydrogen-bond donors (Lipinski definition) is 3. The van der Waals surface area contributed by atoms with Crippen molar-refractivity contribution in [3.8, 4) is 0 Å². The molecule has 0 radical (unpaired) electrons. The number of imide groups is 1. The SMILES string of the molecule is CC(OC(=O)C(C)SCC(=O)Nc1ccc(F)cc1)C(=O)NC(=O)NC(C)(C)C. The quantitative estimate of drug-likeness (QED) is 0.576. The number of hydrogen-bond acceptors (Lipinski definition) is 6. The van der Waals surface area contributed by atoms with Gasteiger partial charge in [0.1, 0.15) is 11.1 Å². The van der Waals surface area contributed by atoms with Crippen LogP contribution in [0.3, 0.4) is 0 Å². The summed E-state index contributed by atoms with van der Waals surface area (Å²) in [5.74, 6) is -2.27. The summed E-state index contributed by atoms with van der Waals surface area (Å²) >= 11 is 1.02. The number of esters is 1. The Kier molecular flexibility index (Phi) is 9.09. The van der Waals surface area contributed by atoms with Crippen molar-refractivity contribution in [1.29, 1.82) is 0 Å². The zero-order chi connectivity index (χ0) is 22.2. The van der Waals surface area contributed by atoms with E-state index in [9.17, 15) is 23.6 Å². The fourth-order valence-corrected chi connectivity index (χ4v) is 2.57. The molecule has 0 bridgehead atoms. The highest BCUT2D eigenvalue weighted by Crippen LogP contribution is 2.15. The van der Waals surface area contributed by atoms with Crippen molar-refractivity contribution in [1.82, 2.24) is 10.6 Å². The van der Waals surface area contributed by atoms with E-state index in [4.69, 9.17) is 4.74 Å². The van der Waals surface area contributed by atoms with E-state index < -0.39 is 40.6 Å². The number of thioether (sulfide) groups is 1. The fraction of sp³-hybridized carbons (Fsp3) is 0.474. The highest BCUT2D eigenvalue weighted by atomic mass is 32.2. The van der Waals surface area contributed by atoms with Crippen LogP contribution in [0, 0.1) is 5.82 Å². The maximum atomic E-state index is 12.9. The van der Waals surface area contributed by atoms with Crippen LogP contribution in [0.1, 0.15) is 34.6 Å². The van der Waals surface area contributed by atoms with Crippen molar-refractivity contribution in [2.45, 2.75) is 51.5 Å². The fourth-order valence-electron chi connectivity index (χ4n) is 1.91. The Labute approximate surface area is 173 Å². The molecule has 2 unspecified atom stereocenters. The Balaban J connectivity index is 2.40. The third-order valence-electron chi connectivity index (χ3n) is 3.31. The number of ether oxygens (including phenoxy) is 1. The first-order chi connectivity index (χ1) is 13.4. The van der Waals surface area contributed by atoms with Gasteiger partial charge in [-0.05, 0) is 58.9 Å². The molecule has 10 heteroatoms. The molecule has 0 aromatic heterocycles. The third-order valence-corrected chi connectivity index (χ3v) is 4.43. The van der Waals surface area contributed by atoms with Crippen molar-refractivity contribution in [3.63, 3.8) is 0 Å². The van der Waals surface area contributed by atoms with Gasteiger partial charge in [0.05, 0.1) is 5.75 Å². The first-order valence-corrected chi connectivity index (χ1v) is 9.93. The molecular formula is C19H26FN3O5S. The molecule has 1 aromatic carbocycles. The molecule has 0 fully saturated rings. The van der Waals surface area contributed by atoms with Crippen LogP contribution >= 0.6 is 11.8 Å². The molecule has 0 heterocycles. The van der Waals surface area contributed by atoms with Gasteiger partial charge in [0, 0.05) is 11.2 Å². The highest BCUT2D eigenvalue weighted by molar-refractivity contribution is 8.01. The minimum Gasteiger partial charge on any atom is -0.452 e. The lowest BCUT2D eigenvalue weighted by atomic mass is 10.1. The number of urea groups is 1. The monoisotopic (exact) mass is 427 g/mol. The number of carbonyl (C=O) groups is 4. The molecular weight excluding hydrogens is 401 g/mol. The van der Waals surface area contributed by atoms with Gasteiger partial charge >= 0.3 is 12.0 Å². The number of amides is 4. The van der Waals surface area contributed by atoms with Crippen LogP contribution in [0.25, 0.3) is 0 Å². The second kappa shape index (κ2) is 10.8. The largest absolute Gasteiger partial charge is 0.452 e. The summed E-state index contributed by atoms with van der Waals surface area (Å²) in [7, 11) is 0. The number of nitrogens with one attached hydrogen (secondary N) is 3. The van der Waals surface area contributed by atoms with E-state index in [2.05, 4.69) is 16.0 Å². The van der Waals surface area contributed by atoms with Gasteiger partial charge in [-0.25, -0.2) is 9.18 Å². The van der Waals surface area contributed by atoms with Crippen molar-refractivity contribution in [3.05, 3.63) is 30.1 Å². The van der Waals surface area contributed by atoms with Gasteiger partial charge < -0.3 is 15.4 Å². The molecule has 0 aliphatic rings. The molecule has 0 saturated carbocycles. The van der Waals surface area contributed by atoms with Gasteiger partial charge in [0.2, 0.25) is 5.91 Å². The van der Waals surface area contributed by atoms with Crippen LogP contribution in [0.4, 0.5) is 14.9 Å². The first kappa shape index (κ1) is 24.4. The molecule has 0 saturated heterocycles. The van der Waals surface area contributed by atoms with E-state index in [0.717, 1.165) is 11.8 Å². The summed E-state index contributed by atoms with van der Waals surface area (Å²) in [4.78, 5) is 47.6. The van der Waals surface area contributed by atoms with Crippen LogP contribution < -0.4 is 16.0 Å². The maximum Gasteiger partial charge on any atom is 0.321 e. The molecule has 1 rings (SSSR count). The van der Waals surface area contributed by atoms with Crippen LogP contribution in [-0.4, -0.2) is 46.5 Å². The van der Waals surface area contributed by atoms with Crippen LogP contribution in [0.15, 0.2) is 24.3 Å². The van der Waals surface area contributed by atoms with Crippen molar-refractivity contribution in [2.75, 3.05) is 11.1 Å². The van der Waals surface area contributed by atoms with E-state index in [1.807, 2.05) is 0 Å². The van der Waals surface area contributed by atoms with Crippen LogP contribution in [-0.2, 0) is 19.1 Å². The van der Waals surface area contributed by atoms with Crippen molar-refractivity contribution in [2.24, 2.45) is 0 Å². The van der Waals surface area contributed by atoms with Gasteiger partial charge in [-0.2, -0.15) is 0 Å². The molecule has 160 valence electrons. The summed E-state index contributed by atoms with van der Waals surface area (Å²) < 4.78 is 17.9. The summed E-state index contributed by atoms with van der Waals surface area (Å²) in [6.07, 6.45) is -1.18. The number of anilines is 1. The summed E-state index contributed by atoms with van der Waals surface area (Å²) in [5.41, 5.74) is -0.0877. The predicted molar refractivity (Wildman–Crippen MR) is 109 cm³/mol. The molecule has 2 atom stereocenters. The van der Waals surface area contributed by atoms with E-state index in [1.165, 1.54) is 38.1 Å². The Morgan fingerprint density at radius 3 is 2.24 bits per heavy atom. The molecule has 3 N–H and O–H groups in total. The Morgan fingerprint density at radius 1 is 1.10 bits per heavy atom. The molecule has 0 spiro atoms. The molecule has 8 nitrogen and oxygen atoms in total. The van der Waals surface area contributed by atoms with Crippen molar-refractivity contribution >= 4 is 41.3 Å². The standard InChI is InChI=1S/C19H26FN3O5S/c1-11(16(25)22-18(27)23-19(3,4)5)28-17(26)12(2)29-10-15(24)21-14-8-6-13(20)7-9-14/h6-9,11-12H,10H2,1-5H3,(H,21,24)(H2,22,23,25,27). The summed E-state index contributed by atoms with van der Waals surface area (Å²) in [6, 6.07) is 4.59. The van der Waals surface area contributed by atoms with Crippen LogP contribution in [0.5, 0.6) is 0 Å². The van der Waals surface area contributed by atoms with E-state index in [1.54, 1.807) is 20.8 Å². The predicted octanol–water partition coefficient (Wildman–Crippen LogP) is 2.44. The van der Waals surface area contributed by atoms with E-state index in [0.29, 0.717) is 5.69 Å². The van der Waals surface area contributed by atoms with Gasteiger partial charge in [0.15, 0.2) is 6.10 Å². The summed E-state index contributed by atoms with van der Waals surface area (Å²) in [6.45, 7) is 8.15. The topological polar surface area (TPSA) is 114 Å². The summed E-state index contributed by atoms with van der Waals surface area (Å²) in [5, 5.41) is 6.51. The average Bonchev–Trinajstić information content (AvgIpc) is 2.59. The van der Waals surface area contributed by atoms with Crippen LogP contribution in [0.2, 0.25) is 0 Å². The van der Waals surface area contributed by atoms with E-state index in [-0.39, 0.29) is 11.7 Å². The molecule has 4 amide bonds. The number of benzene rings is 1. The van der Waals surface area contributed by atoms with E-state index >= 15 is 0 Å². The molecule has 29 heavy (non-hydrogen) atoms. The lowest BCUT2D eigenvalue weighted by Crippen LogP contribution is -2.50. The van der Waals surface area contributed by atoms with Gasteiger partial charge in [-0.15, -0.1) is 11.8 Å². The highest BCUT2D eigenvalue weighted by Gasteiger charge is 2.25. The maximum absolute atomic E-state index is 12.9. The Bertz CT molecular complexity index is 749. The van der Waals surface area contributed by atoms with Crippen molar-refractivity contribution < 1.29 is 28.3 Å². The smallest absolute Gasteiger partial charge is 0.321 e. The Morgan fingerprint density at radius 2 is 1.69 bits per heavy atom. The van der Waals surface area contributed by atoms with Gasteiger partial charge in [-0.3, -0.25) is 19.7 Å². The minimum atomic E-state index is -1.18. The van der Waals surface area contributed by atoms with Gasteiger partial charge in [0.25, 0.3) is 5.91 Å². The average molecular weight is 427 g/mol.